The predicted octanol–water partition coefficient (Wildman–Crippen LogP) is 1.81. The molecule has 1 aromatic rings. The number of amidine groups is 1. The van der Waals surface area contributed by atoms with E-state index in [1.165, 1.54) is 18.2 Å². The van der Waals surface area contributed by atoms with Gasteiger partial charge in [-0.05, 0) is 25.1 Å². The fraction of sp³-hybridized carbons (Fsp3) is 0.273. The number of hydrogen-bond acceptors (Lipinski definition) is 3. The van der Waals surface area contributed by atoms with Crippen molar-refractivity contribution in [2.45, 2.75) is 13.0 Å². The van der Waals surface area contributed by atoms with E-state index >= 15 is 0 Å². The van der Waals surface area contributed by atoms with Crippen LogP contribution in [0.4, 0.5) is 10.1 Å². The topological polar surface area (TPSA) is 53.5 Å². The van der Waals surface area contributed by atoms with Crippen molar-refractivity contribution in [3.8, 4) is 0 Å². The smallest absolute Gasteiger partial charge is 0.290 e. The van der Waals surface area contributed by atoms with Crippen molar-refractivity contribution in [1.82, 2.24) is 5.32 Å². The fourth-order valence-corrected chi connectivity index (χ4v) is 1.63. The van der Waals surface area contributed by atoms with Crippen LogP contribution in [0, 0.1) is 5.82 Å². The lowest BCUT2D eigenvalue weighted by Crippen LogP contribution is -2.36. The Morgan fingerprint density at radius 3 is 3.00 bits per heavy atom. The van der Waals surface area contributed by atoms with Gasteiger partial charge in [-0.1, -0.05) is 11.6 Å². The van der Waals surface area contributed by atoms with Crippen molar-refractivity contribution in [2.24, 2.45) is 4.99 Å². The number of aliphatic imine (C=N–C) groups is 1. The van der Waals surface area contributed by atoms with Crippen LogP contribution in [0.25, 0.3) is 0 Å². The first-order valence-electron chi connectivity index (χ1n) is 5.13. The van der Waals surface area contributed by atoms with Crippen molar-refractivity contribution in [2.75, 3.05) is 11.9 Å². The van der Waals surface area contributed by atoms with E-state index in [-0.39, 0.29) is 22.8 Å². The average Bonchev–Trinajstić information content (AvgIpc) is 2.70. The summed E-state index contributed by atoms with van der Waals surface area (Å²) in [5.74, 6) is -0.579. The third-order valence-corrected chi connectivity index (χ3v) is 2.59. The summed E-state index contributed by atoms with van der Waals surface area (Å²) in [5.41, 5.74) is 0.436. The van der Waals surface area contributed by atoms with Crippen molar-refractivity contribution in [3.05, 3.63) is 29.0 Å². The van der Waals surface area contributed by atoms with Gasteiger partial charge in [0.15, 0.2) is 5.84 Å². The van der Waals surface area contributed by atoms with E-state index in [1.807, 2.05) is 6.92 Å². The highest BCUT2D eigenvalue weighted by molar-refractivity contribution is 6.42. The van der Waals surface area contributed by atoms with E-state index in [4.69, 9.17) is 11.6 Å². The summed E-state index contributed by atoms with van der Waals surface area (Å²) in [6.45, 7) is 2.51. The molecule has 1 amide bonds. The number of carbonyl (C=O) groups is 1. The number of halogens is 2. The fourth-order valence-electron chi connectivity index (χ4n) is 1.45. The molecule has 0 aliphatic carbocycles. The minimum Gasteiger partial charge on any atom is -0.361 e. The van der Waals surface area contributed by atoms with Crippen LogP contribution in [0.5, 0.6) is 0 Å². The maximum absolute atomic E-state index is 12.9. The maximum atomic E-state index is 12.9. The second kappa shape index (κ2) is 4.71. The van der Waals surface area contributed by atoms with E-state index in [9.17, 15) is 9.18 Å². The summed E-state index contributed by atoms with van der Waals surface area (Å²) in [5, 5.41) is 5.49. The number of rotatable bonds is 2. The van der Waals surface area contributed by atoms with Crippen LogP contribution in [0.3, 0.4) is 0 Å². The third kappa shape index (κ3) is 2.74. The first-order chi connectivity index (χ1) is 8.06. The molecule has 0 radical (unpaired) electrons. The number of amides is 1. The lowest BCUT2D eigenvalue weighted by molar-refractivity contribution is -0.110. The molecular formula is C11H11ClFN3O. The van der Waals surface area contributed by atoms with Crippen molar-refractivity contribution in [1.29, 1.82) is 0 Å². The molecule has 1 unspecified atom stereocenters. The van der Waals surface area contributed by atoms with Gasteiger partial charge in [-0.3, -0.25) is 9.79 Å². The highest BCUT2D eigenvalue weighted by Gasteiger charge is 2.19. The number of anilines is 1. The Labute approximate surface area is 103 Å². The number of nitrogens with one attached hydrogen (secondary N) is 2. The van der Waals surface area contributed by atoms with Gasteiger partial charge in [-0.25, -0.2) is 4.39 Å². The first-order valence-corrected chi connectivity index (χ1v) is 5.51. The van der Waals surface area contributed by atoms with Crippen LogP contribution in [0.1, 0.15) is 6.92 Å². The highest BCUT2D eigenvalue weighted by atomic mass is 35.5. The summed E-state index contributed by atoms with van der Waals surface area (Å²) in [4.78, 5) is 15.8. The summed E-state index contributed by atoms with van der Waals surface area (Å²) in [6.07, 6.45) is 0. The maximum Gasteiger partial charge on any atom is 0.290 e. The van der Waals surface area contributed by atoms with Gasteiger partial charge in [0.25, 0.3) is 5.91 Å². The summed E-state index contributed by atoms with van der Waals surface area (Å²) >= 11 is 5.61. The molecule has 0 saturated heterocycles. The molecular weight excluding hydrogens is 245 g/mol. The first kappa shape index (κ1) is 11.9. The number of hydrogen-bond donors (Lipinski definition) is 2. The molecule has 1 heterocycles. The van der Waals surface area contributed by atoms with Gasteiger partial charge in [-0.15, -0.1) is 0 Å². The Bertz CT molecular complexity index is 490. The molecule has 1 atom stereocenters. The predicted molar refractivity (Wildman–Crippen MR) is 64.9 cm³/mol. The van der Waals surface area contributed by atoms with Crippen molar-refractivity contribution < 1.29 is 9.18 Å². The van der Waals surface area contributed by atoms with Gasteiger partial charge in [0, 0.05) is 11.7 Å². The van der Waals surface area contributed by atoms with E-state index in [2.05, 4.69) is 15.6 Å². The van der Waals surface area contributed by atoms with Crippen LogP contribution in [0.2, 0.25) is 5.02 Å². The molecule has 1 aliphatic heterocycles. The molecule has 1 aromatic carbocycles. The molecule has 90 valence electrons. The zero-order valence-corrected chi connectivity index (χ0v) is 9.88. The number of benzene rings is 1. The second-order valence-electron chi connectivity index (χ2n) is 3.82. The molecule has 0 aromatic heterocycles. The molecule has 6 heteroatoms. The normalized spacial score (nSPS) is 18.5. The Balaban J connectivity index is 2.06. The SMILES string of the molecule is CC1CN=C(C(=O)Nc2ccc(F)c(Cl)c2)N1. The van der Waals surface area contributed by atoms with E-state index in [0.717, 1.165) is 0 Å². The summed E-state index contributed by atoms with van der Waals surface area (Å²) in [7, 11) is 0. The molecule has 17 heavy (non-hydrogen) atoms. The van der Waals surface area contributed by atoms with E-state index in [0.29, 0.717) is 12.2 Å². The zero-order chi connectivity index (χ0) is 12.4. The van der Waals surface area contributed by atoms with E-state index in [1.54, 1.807) is 0 Å². The molecule has 4 nitrogen and oxygen atoms in total. The minimum absolute atomic E-state index is 0.0301. The zero-order valence-electron chi connectivity index (χ0n) is 9.13. The largest absolute Gasteiger partial charge is 0.361 e. The van der Waals surface area contributed by atoms with Gasteiger partial charge in [0.05, 0.1) is 11.6 Å². The minimum atomic E-state index is -0.519. The molecule has 2 rings (SSSR count). The Morgan fingerprint density at radius 1 is 1.65 bits per heavy atom. The molecule has 0 fully saturated rings. The Kier molecular flexibility index (Phi) is 3.28. The number of carbonyl (C=O) groups excluding carboxylic acids is 1. The second-order valence-corrected chi connectivity index (χ2v) is 4.22. The molecule has 0 bridgehead atoms. The Hall–Kier alpha value is -1.62. The van der Waals surface area contributed by atoms with Crippen LogP contribution in [0.15, 0.2) is 23.2 Å². The third-order valence-electron chi connectivity index (χ3n) is 2.30. The van der Waals surface area contributed by atoms with E-state index < -0.39 is 5.82 Å². The lowest BCUT2D eigenvalue weighted by Gasteiger charge is -2.07. The van der Waals surface area contributed by atoms with Crippen LogP contribution in [-0.4, -0.2) is 24.3 Å². The average molecular weight is 256 g/mol. The van der Waals surface area contributed by atoms with Crippen LogP contribution >= 0.6 is 11.6 Å². The van der Waals surface area contributed by atoms with Crippen molar-refractivity contribution in [3.63, 3.8) is 0 Å². The van der Waals surface area contributed by atoms with Gasteiger partial charge in [0.2, 0.25) is 0 Å². The van der Waals surface area contributed by atoms with Gasteiger partial charge in [0.1, 0.15) is 5.82 Å². The summed E-state index contributed by atoms with van der Waals surface area (Å²) < 4.78 is 12.9. The monoisotopic (exact) mass is 255 g/mol. The highest BCUT2D eigenvalue weighted by Crippen LogP contribution is 2.19. The van der Waals surface area contributed by atoms with Gasteiger partial charge in [-0.2, -0.15) is 0 Å². The standard InChI is InChI=1S/C11H11ClFN3O/c1-6-5-14-10(15-6)11(17)16-7-2-3-9(13)8(12)4-7/h2-4,6H,5H2,1H3,(H,14,15)(H,16,17). The van der Waals surface area contributed by atoms with Crippen LogP contribution < -0.4 is 10.6 Å². The molecule has 1 aliphatic rings. The molecule has 0 saturated carbocycles. The quantitative estimate of drug-likeness (QED) is 0.847. The molecule has 2 N–H and O–H groups in total. The Morgan fingerprint density at radius 2 is 2.41 bits per heavy atom. The van der Waals surface area contributed by atoms with Crippen molar-refractivity contribution >= 4 is 29.0 Å². The van der Waals surface area contributed by atoms with Gasteiger partial charge >= 0.3 is 0 Å². The van der Waals surface area contributed by atoms with Gasteiger partial charge < -0.3 is 10.6 Å². The lowest BCUT2D eigenvalue weighted by atomic mass is 10.3. The van der Waals surface area contributed by atoms with Crippen LogP contribution in [-0.2, 0) is 4.79 Å². The number of nitrogens with zero attached hydrogens (tertiary/aromatic N) is 1. The molecule has 0 spiro atoms. The summed E-state index contributed by atoms with van der Waals surface area (Å²) in [6, 6.07) is 4.16.